The highest BCUT2D eigenvalue weighted by Gasteiger charge is 2.29. The first kappa shape index (κ1) is 10.6. The molecule has 5 heteroatoms. The summed E-state index contributed by atoms with van der Waals surface area (Å²) in [6.45, 7) is 5.07. The number of nitro groups is 1. The van der Waals surface area contributed by atoms with Gasteiger partial charge in [0, 0.05) is 11.3 Å². The van der Waals surface area contributed by atoms with Gasteiger partial charge in [0.05, 0.1) is 6.61 Å². The van der Waals surface area contributed by atoms with Crippen molar-refractivity contribution in [1.29, 1.82) is 0 Å². The zero-order valence-corrected chi connectivity index (χ0v) is 6.86. The Morgan fingerprint density at radius 3 is 2.75 bits per heavy atom. The minimum Gasteiger partial charge on any atom is -0.461 e. The highest BCUT2D eigenvalue weighted by molar-refractivity contribution is 5.74. The number of carbonyl (C=O) groups is 1. The Kier molecular flexibility index (Phi) is 4.67. The fraction of sp³-hybridized carbons (Fsp3) is 0.571. The van der Waals surface area contributed by atoms with E-state index in [1.807, 2.05) is 0 Å². The Labute approximate surface area is 70.2 Å². The molecule has 5 nitrogen and oxygen atoms in total. The summed E-state index contributed by atoms with van der Waals surface area (Å²) in [4.78, 5) is 20.5. The molecule has 0 saturated heterocycles. The van der Waals surface area contributed by atoms with Gasteiger partial charge in [-0.3, -0.25) is 10.1 Å². The van der Waals surface area contributed by atoms with Crippen LogP contribution in [-0.4, -0.2) is 23.5 Å². The molecular weight excluding hydrogens is 162 g/mol. The molecule has 0 aliphatic rings. The molecule has 0 amide bonds. The van der Waals surface area contributed by atoms with Crippen LogP contribution < -0.4 is 0 Å². The molecule has 0 saturated carbocycles. The second kappa shape index (κ2) is 5.29. The van der Waals surface area contributed by atoms with Crippen molar-refractivity contribution in [2.45, 2.75) is 19.4 Å². The van der Waals surface area contributed by atoms with Crippen molar-refractivity contribution >= 4 is 5.97 Å². The molecule has 1 unspecified atom stereocenters. The molecule has 0 fully saturated rings. The first-order valence-corrected chi connectivity index (χ1v) is 3.54. The molecule has 68 valence electrons. The van der Waals surface area contributed by atoms with Crippen molar-refractivity contribution in [3.63, 3.8) is 0 Å². The van der Waals surface area contributed by atoms with E-state index in [-0.39, 0.29) is 13.0 Å². The van der Waals surface area contributed by atoms with E-state index in [9.17, 15) is 14.9 Å². The Hall–Kier alpha value is -1.39. The summed E-state index contributed by atoms with van der Waals surface area (Å²) in [5.74, 6) is -0.803. The Morgan fingerprint density at radius 1 is 1.83 bits per heavy atom. The van der Waals surface area contributed by atoms with Crippen LogP contribution in [0.5, 0.6) is 0 Å². The lowest BCUT2D eigenvalue weighted by molar-refractivity contribution is -0.509. The van der Waals surface area contributed by atoms with Crippen LogP contribution in [0.15, 0.2) is 12.7 Å². The second-order valence-corrected chi connectivity index (χ2v) is 2.08. The van der Waals surface area contributed by atoms with Gasteiger partial charge in [-0.1, -0.05) is 6.08 Å². The number of esters is 1. The molecule has 0 bridgehead atoms. The number of carbonyl (C=O) groups excluding carboxylic acids is 1. The third-order valence-electron chi connectivity index (χ3n) is 1.20. The van der Waals surface area contributed by atoms with Gasteiger partial charge in [-0.05, 0) is 6.92 Å². The molecule has 0 rings (SSSR count). The molecule has 0 aromatic heterocycles. The first-order chi connectivity index (χ1) is 5.63. The summed E-state index contributed by atoms with van der Waals surface area (Å²) in [7, 11) is 0. The average molecular weight is 173 g/mol. The van der Waals surface area contributed by atoms with Gasteiger partial charge in [-0.15, -0.1) is 6.58 Å². The summed E-state index contributed by atoms with van der Waals surface area (Å²) in [6.07, 6.45) is 1.33. The van der Waals surface area contributed by atoms with Gasteiger partial charge in [-0.25, -0.2) is 4.79 Å². The van der Waals surface area contributed by atoms with E-state index in [2.05, 4.69) is 11.3 Å². The van der Waals surface area contributed by atoms with E-state index in [1.54, 1.807) is 6.92 Å². The topological polar surface area (TPSA) is 69.4 Å². The maximum atomic E-state index is 10.9. The number of hydrogen-bond donors (Lipinski definition) is 0. The summed E-state index contributed by atoms with van der Waals surface area (Å²) < 4.78 is 4.49. The third-order valence-corrected chi connectivity index (χ3v) is 1.20. The monoisotopic (exact) mass is 173 g/mol. The quantitative estimate of drug-likeness (QED) is 0.266. The van der Waals surface area contributed by atoms with Gasteiger partial charge in [0.25, 0.3) is 0 Å². The van der Waals surface area contributed by atoms with E-state index in [0.29, 0.717) is 0 Å². The van der Waals surface area contributed by atoms with E-state index >= 15 is 0 Å². The minimum absolute atomic E-state index is 0.00579. The van der Waals surface area contributed by atoms with Crippen LogP contribution in [0.25, 0.3) is 0 Å². The molecule has 0 aromatic rings. The molecule has 12 heavy (non-hydrogen) atoms. The average Bonchev–Trinajstić information content (AvgIpc) is 1.99. The number of hydrogen-bond acceptors (Lipinski definition) is 4. The van der Waals surface area contributed by atoms with Crippen LogP contribution in [0, 0.1) is 10.1 Å². The van der Waals surface area contributed by atoms with Crippen LogP contribution in [0.1, 0.15) is 13.3 Å². The van der Waals surface area contributed by atoms with Crippen LogP contribution in [0.2, 0.25) is 0 Å². The zero-order valence-electron chi connectivity index (χ0n) is 6.86. The van der Waals surface area contributed by atoms with Crippen molar-refractivity contribution in [1.82, 2.24) is 0 Å². The van der Waals surface area contributed by atoms with Gasteiger partial charge in [0.2, 0.25) is 0 Å². The SMILES string of the molecule is C=CCC(C(=O)OCC)[N+](=O)[O-]. The smallest absolute Gasteiger partial charge is 0.381 e. The van der Waals surface area contributed by atoms with Crippen molar-refractivity contribution in [2.75, 3.05) is 6.61 Å². The standard InChI is InChI=1S/C7H11NO4/c1-3-5-6(8(10)11)7(9)12-4-2/h3,6H,1,4-5H2,2H3. The summed E-state index contributed by atoms with van der Waals surface area (Å²) in [5.41, 5.74) is 0. The van der Waals surface area contributed by atoms with Crippen LogP contribution >= 0.6 is 0 Å². The minimum atomic E-state index is -1.30. The lowest BCUT2D eigenvalue weighted by Crippen LogP contribution is -2.30. The second-order valence-electron chi connectivity index (χ2n) is 2.08. The Balaban J connectivity index is 4.18. The Bertz CT molecular complexity index is 190. The highest BCUT2D eigenvalue weighted by atomic mass is 16.6. The lowest BCUT2D eigenvalue weighted by Gasteiger charge is -2.05. The molecular formula is C7H11NO4. The van der Waals surface area contributed by atoms with Gasteiger partial charge in [0.1, 0.15) is 0 Å². The van der Waals surface area contributed by atoms with E-state index in [0.717, 1.165) is 0 Å². The maximum absolute atomic E-state index is 10.9. The van der Waals surface area contributed by atoms with Crippen molar-refractivity contribution in [3.05, 3.63) is 22.8 Å². The molecule has 0 aliphatic carbocycles. The van der Waals surface area contributed by atoms with Crippen molar-refractivity contribution in [3.8, 4) is 0 Å². The van der Waals surface area contributed by atoms with Crippen molar-refractivity contribution in [2.24, 2.45) is 0 Å². The number of ether oxygens (including phenoxy) is 1. The summed E-state index contributed by atoms with van der Waals surface area (Å²) >= 11 is 0. The fourth-order valence-corrected chi connectivity index (χ4v) is 0.665. The van der Waals surface area contributed by atoms with E-state index in [1.165, 1.54) is 6.08 Å². The predicted octanol–water partition coefficient (Wildman–Crippen LogP) is 0.771. The molecule has 0 radical (unpaired) electrons. The number of nitrogens with zero attached hydrogens (tertiary/aromatic N) is 1. The largest absolute Gasteiger partial charge is 0.461 e. The lowest BCUT2D eigenvalue weighted by atomic mass is 10.2. The molecule has 0 spiro atoms. The third kappa shape index (κ3) is 3.14. The predicted molar refractivity (Wildman–Crippen MR) is 42.2 cm³/mol. The number of rotatable bonds is 5. The molecule has 0 aliphatic heterocycles. The maximum Gasteiger partial charge on any atom is 0.381 e. The molecule has 0 N–H and O–H groups in total. The van der Waals surface area contributed by atoms with E-state index in [4.69, 9.17) is 0 Å². The Morgan fingerprint density at radius 2 is 2.42 bits per heavy atom. The summed E-state index contributed by atoms with van der Waals surface area (Å²) in [6, 6.07) is -1.30. The van der Waals surface area contributed by atoms with Crippen LogP contribution in [0.3, 0.4) is 0 Å². The van der Waals surface area contributed by atoms with E-state index < -0.39 is 16.9 Å². The normalized spacial score (nSPS) is 11.8. The summed E-state index contributed by atoms with van der Waals surface area (Å²) in [5, 5.41) is 10.3. The van der Waals surface area contributed by atoms with Crippen LogP contribution in [0.4, 0.5) is 0 Å². The molecule has 1 atom stereocenters. The van der Waals surface area contributed by atoms with Gasteiger partial charge in [0.15, 0.2) is 0 Å². The van der Waals surface area contributed by atoms with Crippen molar-refractivity contribution < 1.29 is 14.5 Å². The molecule has 0 heterocycles. The zero-order chi connectivity index (χ0) is 9.56. The highest BCUT2D eigenvalue weighted by Crippen LogP contribution is 2.00. The first-order valence-electron chi connectivity index (χ1n) is 3.54. The van der Waals surface area contributed by atoms with Crippen LogP contribution in [-0.2, 0) is 9.53 Å². The van der Waals surface area contributed by atoms with Gasteiger partial charge < -0.3 is 4.74 Å². The van der Waals surface area contributed by atoms with Gasteiger partial charge in [-0.2, -0.15) is 0 Å². The van der Waals surface area contributed by atoms with Gasteiger partial charge >= 0.3 is 12.0 Å². The fourth-order valence-electron chi connectivity index (χ4n) is 0.665. The molecule has 0 aromatic carbocycles.